The lowest BCUT2D eigenvalue weighted by molar-refractivity contribution is -0.242. The Hall–Kier alpha value is -3.52. The van der Waals surface area contributed by atoms with Crippen LogP contribution in [0.5, 0.6) is 5.75 Å². The predicted molar refractivity (Wildman–Crippen MR) is 117 cm³/mol. The molecule has 0 radical (unpaired) electrons. The second-order valence-corrected chi connectivity index (χ2v) is 8.18. The molecule has 1 fully saturated rings. The van der Waals surface area contributed by atoms with E-state index in [2.05, 4.69) is 10.3 Å². The van der Waals surface area contributed by atoms with Gasteiger partial charge in [-0.25, -0.2) is 17.9 Å². The van der Waals surface area contributed by atoms with Gasteiger partial charge in [-0.15, -0.1) is 5.10 Å². The van der Waals surface area contributed by atoms with Crippen LogP contribution in [0.3, 0.4) is 0 Å². The van der Waals surface area contributed by atoms with E-state index in [-0.39, 0.29) is 11.4 Å². The molecule has 0 aliphatic carbocycles. The molecule has 3 aromatic rings. The van der Waals surface area contributed by atoms with Crippen molar-refractivity contribution in [2.24, 2.45) is 0 Å². The van der Waals surface area contributed by atoms with E-state index in [9.17, 15) is 33.3 Å². The summed E-state index contributed by atoms with van der Waals surface area (Å²) in [6, 6.07) is 7.18. The Bertz CT molecular complexity index is 1230. The monoisotopic (exact) mass is 508 g/mol. The van der Waals surface area contributed by atoms with Crippen LogP contribution in [0.25, 0.3) is 11.3 Å². The number of rotatable bonds is 7. The predicted octanol–water partition coefficient (Wildman–Crippen LogP) is 0.880. The van der Waals surface area contributed by atoms with Gasteiger partial charge in [-0.2, -0.15) is 0 Å². The van der Waals surface area contributed by atoms with Crippen molar-refractivity contribution in [3.63, 3.8) is 0 Å². The summed E-state index contributed by atoms with van der Waals surface area (Å²) in [5.41, 5.74) is 0.677. The number of benzene rings is 2. The quantitative estimate of drug-likeness (QED) is 0.429. The van der Waals surface area contributed by atoms with Crippen molar-refractivity contribution in [3.05, 3.63) is 66.1 Å². The van der Waals surface area contributed by atoms with Crippen LogP contribution < -0.4 is 4.74 Å². The number of amides is 1. The highest BCUT2D eigenvalue weighted by Crippen LogP contribution is 2.32. The first-order valence-electron chi connectivity index (χ1n) is 10.8. The highest BCUT2D eigenvalue weighted by atomic mass is 19.2. The average molecular weight is 508 g/mol. The summed E-state index contributed by atoms with van der Waals surface area (Å²) in [5.74, 6) is -3.49. The smallest absolute Gasteiger partial charge is 0.262 e. The average Bonchev–Trinajstić information content (AvgIpc) is 3.34. The lowest BCUT2D eigenvalue weighted by Crippen LogP contribution is -2.61. The van der Waals surface area contributed by atoms with Crippen molar-refractivity contribution in [1.82, 2.24) is 19.9 Å². The summed E-state index contributed by atoms with van der Waals surface area (Å²) in [5, 5.41) is 39.4. The largest absolute Gasteiger partial charge is 0.484 e. The zero-order valence-corrected chi connectivity index (χ0v) is 18.9. The normalized spacial score (nSPS) is 23.9. The molecule has 1 aliphatic rings. The topological polar surface area (TPSA) is 130 Å². The summed E-state index contributed by atoms with van der Waals surface area (Å²) in [6.45, 7) is -1.24. The van der Waals surface area contributed by atoms with Crippen LogP contribution in [0.15, 0.2) is 48.7 Å². The lowest BCUT2D eigenvalue weighted by atomic mass is 9.95. The van der Waals surface area contributed by atoms with Gasteiger partial charge in [0.15, 0.2) is 24.5 Å². The lowest BCUT2D eigenvalue weighted by Gasteiger charge is -2.45. The Kier molecular flexibility index (Phi) is 7.54. The van der Waals surface area contributed by atoms with Gasteiger partial charge in [-0.05, 0) is 24.3 Å². The first kappa shape index (κ1) is 25.6. The van der Waals surface area contributed by atoms with Gasteiger partial charge in [0.1, 0.15) is 41.6 Å². The summed E-state index contributed by atoms with van der Waals surface area (Å²) >= 11 is 0. The van der Waals surface area contributed by atoms with Crippen LogP contribution in [0.4, 0.5) is 13.2 Å². The van der Waals surface area contributed by atoms with Gasteiger partial charge in [0.25, 0.3) is 5.91 Å². The van der Waals surface area contributed by atoms with Crippen molar-refractivity contribution in [2.45, 2.75) is 30.6 Å². The Morgan fingerprint density at radius 3 is 2.61 bits per heavy atom. The number of carbonyl (C=O) groups is 1. The van der Waals surface area contributed by atoms with E-state index in [0.717, 1.165) is 27.8 Å². The fourth-order valence-electron chi connectivity index (χ4n) is 3.87. The fourth-order valence-corrected chi connectivity index (χ4v) is 3.87. The van der Waals surface area contributed by atoms with Gasteiger partial charge < -0.3 is 29.7 Å². The molecule has 1 aromatic heterocycles. The van der Waals surface area contributed by atoms with Gasteiger partial charge in [0, 0.05) is 18.7 Å². The fraction of sp³-hybridized carbons (Fsp3) is 0.348. The second-order valence-electron chi connectivity index (χ2n) is 8.18. The van der Waals surface area contributed by atoms with E-state index in [1.54, 1.807) is 6.07 Å². The van der Waals surface area contributed by atoms with Crippen molar-refractivity contribution < 1.29 is 42.8 Å². The molecule has 2 aromatic carbocycles. The maximum absolute atomic E-state index is 13.6. The number of aliphatic hydroxyl groups is 3. The molecule has 1 aliphatic heterocycles. The van der Waals surface area contributed by atoms with E-state index in [1.165, 1.54) is 31.4 Å². The summed E-state index contributed by atoms with van der Waals surface area (Å²) in [4.78, 5) is 13.7. The Morgan fingerprint density at radius 2 is 1.92 bits per heavy atom. The van der Waals surface area contributed by atoms with E-state index >= 15 is 0 Å². The van der Waals surface area contributed by atoms with Crippen molar-refractivity contribution >= 4 is 5.91 Å². The van der Waals surface area contributed by atoms with E-state index in [1.807, 2.05) is 0 Å². The molecule has 5 atom stereocenters. The first-order chi connectivity index (χ1) is 17.2. The minimum Gasteiger partial charge on any atom is -0.484 e. The Morgan fingerprint density at radius 1 is 1.14 bits per heavy atom. The van der Waals surface area contributed by atoms with Gasteiger partial charge in [0.2, 0.25) is 0 Å². The second kappa shape index (κ2) is 10.6. The third-order valence-corrected chi connectivity index (χ3v) is 5.83. The summed E-state index contributed by atoms with van der Waals surface area (Å²) in [7, 11) is 1.30. The number of likely N-dealkylation sites (N-methyl/N-ethyl adjacent to an activating group) is 1. The van der Waals surface area contributed by atoms with Crippen molar-refractivity contribution in [1.29, 1.82) is 0 Å². The van der Waals surface area contributed by atoms with Crippen LogP contribution in [0.2, 0.25) is 0 Å². The Balaban J connectivity index is 1.52. The number of halogens is 3. The number of carbonyl (C=O) groups excluding carboxylic acids is 1. The zero-order valence-electron chi connectivity index (χ0n) is 18.9. The van der Waals surface area contributed by atoms with Gasteiger partial charge in [-0.1, -0.05) is 17.3 Å². The molecule has 1 saturated heterocycles. The van der Waals surface area contributed by atoms with Crippen molar-refractivity contribution in [2.75, 3.05) is 20.3 Å². The summed E-state index contributed by atoms with van der Waals surface area (Å²) < 4.78 is 52.0. The standard InChI is InChI=1S/C23H23F3N4O6/c1-29(19(32)11-35-14-5-6-15(25)16(26)8-14)23-22(34)20(21(33)18(10-31)36-23)30-9-17(27-28-30)12-3-2-4-13(24)7-12/h2-9,18,20-23,31,33-34H,10-11H2,1H3/t18?,20?,21-,22?,23?/m0/s1. The SMILES string of the molecule is CN(C(=O)COc1ccc(F)c(F)c1)C1OC(CO)[C@H](O)C(n2cc(-c3cccc(F)c3)nn2)C1O. The zero-order chi connectivity index (χ0) is 26.0. The third-order valence-electron chi connectivity index (χ3n) is 5.83. The third kappa shape index (κ3) is 5.18. The van der Waals surface area contributed by atoms with Crippen LogP contribution >= 0.6 is 0 Å². The molecular formula is C23H23F3N4O6. The van der Waals surface area contributed by atoms with Crippen LogP contribution in [0.1, 0.15) is 6.04 Å². The molecule has 0 bridgehead atoms. The number of aliphatic hydroxyl groups excluding tert-OH is 3. The molecule has 13 heteroatoms. The molecule has 10 nitrogen and oxygen atoms in total. The molecule has 4 rings (SSSR count). The van der Waals surface area contributed by atoms with E-state index < -0.39 is 67.2 Å². The maximum atomic E-state index is 13.6. The van der Waals surface area contributed by atoms with Crippen LogP contribution in [-0.2, 0) is 9.53 Å². The highest BCUT2D eigenvalue weighted by Gasteiger charge is 2.48. The molecule has 0 spiro atoms. The molecule has 2 heterocycles. The molecule has 192 valence electrons. The molecule has 36 heavy (non-hydrogen) atoms. The number of ether oxygens (including phenoxy) is 2. The highest BCUT2D eigenvalue weighted by molar-refractivity contribution is 5.77. The molecule has 1 amide bonds. The maximum Gasteiger partial charge on any atom is 0.262 e. The van der Waals surface area contributed by atoms with E-state index in [0.29, 0.717) is 5.56 Å². The van der Waals surface area contributed by atoms with Gasteiger partial charge >= 0.3 is 0 Å². The summed E-state index contributed by atoms with van der Waals surface area (Å²) in [6.07, 6.45) is -4.14. The minimum absolute atomic E-state index is 0.0882. The first-order valence-corrected chi connectivity index (χ1v) is 10.8. The molecule has 3 N–H and O–H groups in total. The minimum atomic E-state index is -1.54. The molecule has 4 unspecified atom stereocenters. The van der Waals surface area contributed by atoms with Crippen LogP contribution in [0, 0.1) is 17.5 Å². The van der Waals surface area contributed by atoms with Crippen molar-refractivity contribution in [3.8, 4) is 17.0 Å². The molecule has 0 saturated carbocycles. The number of hydrogen-bond acceptors (Lipinski definition) is 8. The Labute approximate surface area is 203 Å². The molecular weight excluding hydrogens is 485 g/mol. The number of aromatic nitrogens is 3. The number of nitrogens with zero attached hydrogens (tertiary/aromatic N) is 4. The number of hydrogen-bond donors (Lipinski definition) is 3. The van der Waals surface area contributed by atoms with Crippen LogP contribution in [-0.4, -0.2) is 85.9 Å². The van der Waals surface area contributed by atoms with Gasteiger partial charge in [0.05, 0.1) is 12.8 Å². The van der Waals surface area contributed by atoms with E-state index in [4.69, 9.17) is 9.47 Å². The van der Waals surface area contributed by atoms with Gasteiger partial charge in [-0.3, -0.25) is 4.79 Å².